The van der Waals surface area contributed by atoms with Gasteiger partial charge < -0.3 is 18.8 Å². The molecule has 0 N–H and O–H groups in total. The van der Waals surface area contributed by atoms with Crippen molar-refractivity contribution in [2.45, 2.75) is 20.0 Å². The van der Waals surface area contributed by atoms with Crippen molar-refractivity contribution in [1.29, 1.82) is 0 Å². The molecule has 122 valence electrons. The van der Waals surface area contributed by atoms with Gasteiger partial charge in [0.05, 0.1) is 13.2 Å². The Bertz CT molecular complexity index is 776. The molecule has 0 radical (unpaired) electrons. The third-order valence-electron chi connectivity index (χ3n) is 3.91. The lowest BCUT2D eigenvalue weighted by molar-refractivity contribution is -0.142. The van der Waals surface area contributed by atoms with Crippen LogP contribution in [0.5, 0.6) is 5.75 Å². The number of morpholine rings is 1. The molecular formula is C17H19NO5. The zero-order chi connectivity index (χ0) is 16.4. The molecule has 1 aromatic carbocycles. The van der Waals surface area contributed by atoms with E-state index in [1.165, 1.54) is 6.07 Å². The van der Waals surface area contributed by atoms with Crippen LogP contribution in [0.3, 0.4) is 0 Å². The number of carbonyl (C=O) groups is 1. The quantitative estimate of drug-likeness (QED) is 0.806. The summed E-state index contributed by atoms with van der Waals surface area (Å²) in [7, 11) is 0. The molecule has 0 bridgehead atoms. The Kier molecular flexibility index (Phi) is 4.34. The number of nitrogens with zero attached hydrogens (tertiary/aromatic N) is 1. The molecule has 6 heteroatoms. The molecule has 0 unspecified atom stereocenters. The molecule has 2 heterocycles. The van der Waals surface area contributed by atoms with Crippen LogP contribution in [0.2, 0.25) is 0 Å². The highest BCUT2D eigenvalue weighted by atomic mass is 16.5. The van der Waals surface area contributed by atoms with Gasteiger partial charge in [0.1, 0.15) is 11.3 Å². The summed E-state index contributed by atoms with van der Waals surface area (Å²) in [4.78, 5) is 25.6. The van der Waals surface area contributed by atoms with Gasteiger partial charge in [-0.15, -0.1) is 0 Å². The summed E-state index contributed by atoms with van der Waals surface area (Å²) in [5.41, 5.74) is 0.906. The van der Waals surface area contributed by atoms with Crippen LogP contribution in [0.4, 0.5) is 0 Å². The highest BCUT2D eigenvalue weighted by Crippen LogP contribution is 2.23. The lowest BCUT2D eigenvalue weighted by Gasteiger charge is -2.29. The average Bonchev–Trinajstić information content (AvgIpc) is 2.54. The Morgan fingerprint density at radius 3 is 2.74 bits per heavy atom. The lowest BCUT2D eigenvalue weighted by atomic mass is 10.1. The SMILES string of the molecule is Cc1cc(=O)oc2cc(O[C@@H](C)C(=O)N3CCOCC3)ccc12. The molecule has 2 aromatic rings. The topological polar surface area (TPSA) is 69.0 Å². The van der Waals surface area contributed by atoms with Crippen molar-refractivity contribution in [2.24, 2.45) is 0 Å². The van der Waals surface area contributed by atoms with Gasteiger partial charge in [0.2, 0.25) is 0 Å². The third kappa shape index (κ3) is 3.37. The smallest absolute Gasteiger partial charge is 0.336 e. The zero-order valence-electron chi connectivity index (χ0n) is 13.2. The van der Waals surface area contributed by atoms with E-state index in [4.69, 9.17) is 13.9 Å². The summed E-state index contributed by atoms with van der Waals surface area (Å²) in [5, 5.41) is 0.851. The molecule has 1 aromatic heterocycles. The molecule has 0 saturated carbocycles. The molecule has 1 saturated heterocycles. The van der Waals surface area contributed by atoms with Gasteiger partial charge in [-0.05, 0) is 31.5 Å². The summed E-state index contributed by atoms with van der Waals surface area (Å²) < 4.78 is 16.2. The van der Waals surface area contributed by atoms with E-state index >= 15 is 0 Å². The lowest BCUT2D eigenvalue weighted by Crippen LogP contribution is -2.46. The van der Waals surface area contributed by atoms with Gasteiger partial charge in [0.25, 0.3) is 5.91 Å². The van der Waals surface area contributed by atoms with E-state index < -0.39 is 11.7 Å². The van der Waals surface area contributed by atoms with Crippen LogP contribution >= 0.6 is 0 Å². The van der Waals surface area contributed by atoms with E-state index in [1.54, 1.807) is 24.0 Å². The van der Waals surface area contributed by atoms with Crippen molar-refractivity contribution in [3.63, 3.8) is 0 Å². The maximum Gasteiger partial charge on any atom is 0.336 e. The number of amides is 1. The van der Waals surface area contributed by atoms with E-state index in [-0.39, 0.29) is 5.91 Å². The number of rotatable bonds is 3. The molecule has 1 aliphatic rings. The standard InChI is InChI=1S/C17H19NO5/c1-11-9-16(19)23-15-10-13(3-4-14(11)15)22-12(2)17(20)18-5-7-21-8-6-18/h3-4,9-10,12H,5-8H2,1-2H3/t12-/m0/s1. The van der Waals surface area contributed by atoms with Crippen LogP contribution in [0, 0.1) is 6.92 Å². The van der Waals surface area contributed by atoms with Crippen molar-refractivity contribution in [2.75, 3.05) is 26.3 Å². The van der Waals surface area contributed by atoms with E-state index in [0.29, 0.717) is 37.6 Å². The Morgan fingerprint density at radius 1 is 1.26 bits per heavy atom. The first-order valence-electron chi connectivity index (χ1n) is 7.62. The predicted molar refractivity (Wildman–Crippen MR) is 84.7 cm³/mol. The van der Waals surface area contributed by atoms with E-state index in [9.17, 15) is 9.59 Å². The number of ether oxygens (including phenoxy) is 2. The predicted octanol–water partition coefficient (Wildman–Crippen LogP) is 1.73. The fraction of sp³-hybridized carbons (Fsp3) is 0.412. The number of fused-ring (bicyclic) bond motifs is 1. The van der Waals surface area contributed by atoms with Gasteiger partial charge in [-0.2, -0.15) is 0 Å². The van der Waals surface area contributed by atoms with Gasteiger partial charge in [-0.25, -0.2) is 4.79 Å². The molecule has 0 spiro atoms. The molecular weight excluding hydrogens is 298 g/mol. The van der Waals surface area contributed by atoms with Crippen molar-refractivity contribution in [3.05, 3.63) is 40.2 Å². The summed E-state index contributed by atoms with van der Waals surface area (Å²) in [6.07, 6.45) is -0.609. The van der Waals surface area contributed by atoms with E-state index in [2.05, 4.69) is 0 Å². The molecule has 1 aliphatic heterocycles. The maximum absolute atomic E-state index is 12.3. The molecule has 0 aliphatic carbocycles. The number of hydrogen-bond donors (Lipinski definition) is 0. The highest BCUT2D eigenvalue weighted by Gasteiger charge is 2.23. The number of benzene rings is 1. The van der Waals surface area contributed by atoms with Crippen molar-refractivity contribution in [3.8, 4) is 5.75 Å². The minimum atomic E-state index is -0.609. The third-order valence-corrected chi connectivity index (χ3v) is 3.91. The van der Waals surface area contributed by atoms with Crippen LogP contribution < -0.4 is 10.4 Å². The van der Waals surface area contributed by atoms with Crippen molar-refractivity contribution < 1.29 is 18.7 Å². The fourth-order valence-corrected chi connectivity index (χ4v) is 2.67. The van der Waals surface area contributed by atoms with Crippen LogP contribution in [-0.4, -0.2) is 43.2 Å². The minimum absolute atomic E-state index is 0.0703. The van der Waals surface area contributed by atoms with Crippen LogP contribution in [0.1, 0.15) is 12.5 Å². The Hall–Kier alpha value is -2.34. The summed E-state index contributed by atoms with van der Waals surface area (Å²) in [5.74, 6) is 0.430. The Balaban J connectivity index is 1.78. The van der Waals surface area contributed by atoms with Crippen LogP contribution in [0.25, 0.3) is 11.0 Å². The number of carbonyl (C=O) groups excluding carboxylic acids is 1. The van der Waals surface area contributed by atoms with Crippen LogP contribution in [0.15, 0.2) is 33.5 Å². The summed E-state index contributed by atoms with van der Waals surface area (Å²) >= 11 is 0. The fourth-order valence-electron chi connectivity index (χ4n) is 2.67. The van der Waals surface area contributed by atoms with Crippen LogP contribution in [-0.2, 0) is 9.53 Å². The van der Waals surface area contributed by atoms with Gasteiger partial charge >= 0.3 is 5.63 Å². The van der Waals surface area contributed by atoms with Gasteiger partial charge in [-0.1, -0.05) is 0 Å². The second-order valence-electron chi connectivity index (χ2n) is 5.60. The summed E-state index contributed by atoms with van der Waals surface area (Å²) in [6, 6.07) is 6.70. The Morgan fingerprint density at radius 2 is 2.00 bits per heavy atom. The largest absolute Gasteiger partial charge is 0.481 e. The van der Waals surface area contributed by atoms with Gasteiger partial charge in [0.15, 0.2) is 6.10 Å². The summed E-state index contributed by atoms with van der Waals surface area (Å²) in [6.45, 7) is 5.84. The average molecular weight is 317 g/mol. The van der Waals surface area contributed by atoms with E-state index in [0.717, 1.165) is 10.9 Å². The second kappa shape index (κ2) is 6.42. The molecule has 23 heavy (non-hydrogen) atoms. The first kappa shape index (κ1) is 15.6. The first-order valence-corrected chi connectivity index (χ1v) is 7.62. The second-order valence-corrected chi connectivity index (χ2v) is 5.60. The van der Waals surface area contributed by atoms with Gasteiger partial charge in [0, 0.05) is 30.6 Å². The zero-order valence-corrected chi connectivity index (χ0v) is 13.2. The molecule has 1 amide bonds. The highest BCUT2D eigenvalue weighted by molar-refractivity contribution is 5.82. The van der Waals surface area contributed by atoms with E-state index in [1.807, 2.05) is 13.0 Å². The number of hydrogen-bond acceptors (Lipinski definition) is 5. The van der Waals surface area contributed by atoms with Gasteiger partial charge in [-0.3, -0.25) is 4.79 Å². The first-order chi connectivity index (χ1) is 11.0. The Labute approximate surface area is 133 Å². The molecule has 1 fully saturated rings. The van der Waals surface area contributed by atoms with Crippen molar-refractivity contribution >= 4 is 16.9 Å². The maximum atomic E-state index is 12.3. The molecule has 6 nitrogen and oxygen atoms in total. The minimum Gasteiger partial charge on any atom is -0.481 e. The number of aryl methyl sites for hydroxylation is 1. The monoisotopic (exact) mass is 317 g/mol. The molecule has 1 atom stereocenters. The van der Waals surface area contributed by atoms with Crippen molar-refractivity contribution in [1.82, 2.24) is 4.90 Å². The normalized spacial score (nSPS) is 16.3. The molecule has 3 rings (SSSR count).